The highest BCUT2D eigenvalue weighted by Crippen LogP contribution is 2.28. The quantitative estimate of drug-likeness (QED) is 0.807. The van der Waals surface area contributed by atoms with Crippen molar-refractivity contribution in [1.82, 2.24) is 0 Å². The van der Waals surface area contributed by atoms with Crippen molar-refractivity contribution >= 4 is 0 Å². The van der Waals surface area contributed by atoms with E-state index in [1.165, 1.54) is 0 Å². The van der Waals surface area contributed by atoms with Crippen LogP contribution in [0.3, 0.4) is 0 Å². The predicted molar refractivity (Wildman–Crippen MR) is 66.0 cm³/mol. The Balaban J connectivity index is 1.95. The first kappa shape index (κ1) is 12.4. The fourth-order valence-corrected chi connectivity index (χ4v) is 1.86. The molecule has 0 bridgehead atoms. The van der Waals surface area contributed by atoms with Crippen LogP contribution in [0, 0.1) is 11.8 Å². The molecule has 1 heterocycles. The molecule has 17 heavy (non-hydrogen) atoms. The van der Waals surface area contributed by atoms with Gasteiger partial charge in [-0.2, -0.15) is 0 Å². The van der Waals surface area contributed by atoms with Gasteiger partial charge in [0.15, 0.2) is 6.29 Å². The molecule has 1 saturated heterocycles. The summed E-state index contributed by atoms with van der Waals surface area (Å²) in [4.78, 5) is 0. The Bertz CT molecular complexity index is 337. The summed E-state index contributed by atoms with van der Waals surface area (Å²) in [7, 11) is 1.66. The van der Waals surface area contributed by atoms with E-state index in [0.29, 0.717) is 11.8 Å². The van der Waals surface area contributed by atoms with E-state index in [1.54, 1.807) is 7.11 Å². The Labute approximate surface area is 103 Å². The maximum Gasteiger partial charge on any atom is 0.183 e. The first-order valence-electron chi connectivity index (χ1n) is 6.08. The highest BCUT2D eigenvalue weighted by Gasteiger charge is 2.25. The van der Waals surface area contributed by atoms with Crippen LogP contribution >= 0.6 is 0 Å². The molecule has 1 aromatic carbocycles. The van der Waals surface area contributed by atoms with E-state index in [0.717, 1.165) is 24.5 Å². The molecule has 0 saturated carbocycles. The zero-order valence-electron chi connectivity index (χ0n) is 10.7. The minimum Gasteiger partial charge on any atom is -0.497 e. The second-order valence-electron chi connectivity index (χ2n) is 4.78. The predicted octanol–water partition coefficient (Wildman–Crippen LogP) is 3.01. The molecular weight excluding hydrogens is 216 g/mol. The molecule has 0 aliphatic carbocycles. The third-order valence-electron chi connectivity index (χ3n) is 3.25. The fourth-order valence-electron chi connectivity index (χ4n) is 1.86. The highest BCUT2D eigenvalue weighted by molar-refractivity contribution is 5.27. The summed E-state index contributed by atoms with van der Waals surface area (Å²) in [5.74, 6) is 1.96. The number of hydrogen-bond donors (Lipinski definition) is 0. The van der Waals surface area contributed by atoms with Crippen LogP contribution in [0.15, 0.2) is 24.3 Å². The van der Waals surface area contributed by atoms with Crippen molar-refractivity contribution in [2.75, 3.05) is 20.3 Å². The van der Waals surface area contributed by atoms with E-state index in [2.05, 4.69) is 13.8 Å². The summed E-state index contributed by atoms with van der Waals surface area (Å²) in [6.45, 7) is 5.94. The van der Waals surface area contributed by atoms with E-state index in [4.69, 9.17) is 14.2 Å². The van der Waals surface area contributed by atoms with Crippen LogP contribution in [0.1, 0.15) is 25.7 Å². The Hall–Kier alpha value is -1.06. The molecule has 0 radical (unpaired) electrons. The Morgan fingerprint density at radius 1 is 1.12 bits per heavy atom. The molecule has 0 spiro atoms. The van der Waals surface area contributed by atoms with Crippen LogP contribution in [-0.4, -0.2) is 20.3 Å². The second-order valence-corrected chi connectivity index (χ2v) is 4.78. The lowest BCUT2D eigenvalue weighted by Gasteiger charge is -2.31. The highest BCUT2D eigenvalue weighted by atomic mass is 16.7. The third kappa shape index (κ3) is 2.99. The summed E-state index contributed by atoms with van der Waals surface area (Å²) < 4.78 is 16.6. The minimum absolute atomic E-state index is 0.226. The number of methoxy groups -OCH3 is 1. The Kier molecular flexibility index (Phi) is 4.02. The number of hydrogen-bond acceptors (Lipinski definition) is 3. The standard InChI is InChI=1S/C14H20O3/c1-10(2)12-8-16-14(17-9-12)11-4-6-13(15-3)7-5-11/h4-7,10,12,14H,8-9H2,1-3H3. The molecule has 0 amide bonds. The van der Waals surface area contributed by atoms with Crippen molar-refractivity contribution in [2.24, 2.45) is 11.8 Å². The van der Waals surface area contributed by atoms with Gasteiger partial charge in [-0.1, -0.05) is 26.0 Å². The van der Waals surface area contributed by atoms with Gasteiger partial charge in [0.1, 0.15) is 5.75 Å². The molecule has 1 fully saturated rings. The topological polar surface area (TPSA) is 27.7 Å². The largest absolute Gasteiger partial charge is 0.497 e. The lowest BCUT2D eigenvalue weighted by molar-refractivity contribution is -0.211. The van der Waals surface area contributed by atoms with Crippen molar-refractivity contribution in [2.45, 2.75) is 20.1 Å². The van der Waals surface area contributed by atoms with Gasteiger partial charge >= 0.3 is 0 Å². The molecule has 1 aliphatic rings. The normalized spacial score (nSPS) is 24.9. The summed E-state index contributed by atoms with van der Waals surface area (Å²) in [5, 5.41) is 0. The molecule has 94 valence electrons. The lowest BCUT2D eigenvalue weighted by atomic mass is 9.97. The Morgan fingerprint density at radius 3 is 2.18 bits per heavy atom. The van der Waals surface area contributed by atoms with E-state index in [-0.39, 0.29) is 6.29 Å². The summed E-state index contributed by atoms with van der Waals surface area (Å²) in [6.07, 6.45) is -0.226. The van der Waals surface area contributed by atoms with Gasteiger partial charge in [-0.3, -0.25) is 0 Å². The fraction of sp³-hybridized carbons (Fsp3) is 0.571. The van der Waals surface area contributed by atoms with Crippen LogP contribution in [0.2, 0.25) is 0 Å². The van der Waals surface area contributed by atoms with Crippen molar-refractivity contribution in [1.29, 1.82) is 0 Å². The smallest absolute Gasteiger partial charge is 0.183 e. The SMILES string of the molecule is COc1ccc(C2OCC(C(C)C)CO2)cc1. The van der Waals surface area contributed by atoms with Gasteiger partial charge in [-0.05, 0) is 18.1 Å². The number of rotatable bonds is 3. The van der Waals surface area contributed by atoms with E-state index in [9.17, 15) is 0 Å². The van der Waals surface area contributed by atoms with Gasteiger partial charge in [-0.15, -0.1) is 0 Å². The zero-order chi connectivity index (χ0) is 12.3. The lowest BCUT2D eigenvalue weighted by Crippen LogP contribution is -2.30. The summed E-state index contributed by atoms with van der Waals surface area (Å²) in [6, 6.07) is 7.82. The molecule has 0 unspecified atom stereocenters. The van der Waals surface area contributed by atoms with Crippen LogP contribution in [0.4, 0.5) is 0 Å². The van der Waals surface area contributed by atoms with Gasteiger partial charge in [0, 0.05) is 11.5 Å². The second kappa shape index (κ2) is 5.52. The monoisotopic (exact) mass is 236 g/mol. The number of benzene rings is 1. The van der Waals surface area contributed by atoms with Crippen molar-refractivity contribution < 1.29 is 14.2 Å². The van der Waals surface area contributed by atoms with Crippen LogP contribution in [-0.2, 0) is 9.47 Å². The molecule has 0 atom stereocenters. The maximum atomic E-state index is 5.75. The van der Waals surface area contributed by atoms with Crippen LogP contribution < -0.4 is 4.74 Å². The van der Waals surface area contributed by atoms with Crippen molar-refractivity contribution in [3.8, 4) is 5.75 Å². The van der Waals surface area contributed by atoms with E-state index >= 15 is 0 Å². The van der Waals surface area contributed by atoms with Gasteiger partial charge in [0.25, 0.3) is 0 Å². The van der Waals surface area contributed by atoms with Gasteiger partial charge in [0.2, 0.25) is 0 Å². The molecule has 0 aromatic heterocycles. The van der Waals surface area contributed by atoms with Crippen LogP contribution in [0.5, 0.6) is 5.75 Å². The zero-order valence-corrected chi connectivity index (χ0v) is 10.7. The first-order chi connectivity index (χ1) is 8.20. The maximum absolute atomic E-state index is 5.75. The average molecular weight is 236 g/mol. The Morgan fingerprint density at radius 2 is 1.71 bits per heavy atom. The molecule has 1 aromatic rings. The third-order valence-corrected chi connectivity index (χ3v) is 3.25. The van der Waals surface area contributed by atoms with Crippen LogP contribution in [0.25, 0.3) is 0 Å². The molecular formula is C14H20O3. The van der Waals surface area contributed by atoms with Crippen molar-refractivity contribution in [3.63, 3.8) is 0 Å². The molecule has 1 aliphatic heterocycles. The van der Waals surface area contributed by atoms with E-state index < -0.39 is 0 Å². The average Bonchev–Trinajstić information content (AvgIpc) is 2.39. The van der Waals surface area contributed by atoms with Gasteiger partial charge in [-0.25, -0.2) is 0 Å². The van der Waals surface area contributed by atoms with E-state index in [1.807, 2.05) is 24.3 Å². The molecule has 3 nitrogen and oxygen atoms in total. The summed E-state index contributed by atoms with van der Waals surface area (Å²) >= 11 is 0. The molecule has 0 N–H and O–H groups in total. The summed E-state index contributed by atoms with van der Waals surface area (Å²) in [5.41, 5.74) is 1.05. The van der Waals surface area contributed by atoms with Crippen molar-refractivity contribution in [3.05, 3.63) is 29.8 Å². The minimum atomic E-state index is -0.226. The molecule has 2 rings (SSSR count). The number of ether oxygens (including phenoxy) is 3. The van der Waals surface area contributed by atoms with Gasteiger partial charge in [0.05, 0.1) is 20.3 Å². The first-order valence-corrected chi connectivity index (χ1v) is 6.08. The van der Waals surface area contributed by atoms with Gasteiger partial charge < -0.3 is 14.2 Å². The molecule has 3 heteroatoms.